The van der Waals surface area contributed by atoms with Gasteiger partial charge in [-0.3, -0.25) is 0 Å². The van der Waals surface area contributed by atoms with Crippen molar-refractivity contribution in [1.82, 2.24) is 5.32 Å². The Hall–Kier alpha value is -1.13. The number of halogens is 1. The summed E-state index contributed by atoms with van der Waals surface area (Å²) < 4.78 is 24.5. The molecule has 19 heavy (non-hydrogen) atoms. The first kappa shape index (κ1) is 15.9. The summed E-state index contributed by atoms with van der Waals surface area (Å²) in [5.41, 5.74) is 0.919. The maximum absolute atomic E-state index is 13.7. The lowest BCUT2D eigenvalue weighted by molar-refractivity contribution is 0.0808. The second-order valence-corrected chi connectivity index (χ2v) is 4.86. The van der Waals surface area contributed by atoms with Gasteiger partial charge in [0.05, 0.1) is 6.61 Å². The fraction of sp³-hybridized carbons (Fsp3) is 0.600. The number of hydrogen-bond donors (Lipinski definition) is 1. The summed E-state index contributed by atoms with van der Waals surface area (Å²) in [5, 5.41) is 3.15. The monoisotopic (exact) mass is 269 g/mol. The highest BCUT2D eigenvalue weighted by molar-refractivity contribution is 5.29. The number of benzene rings is 1. The van der Waals surface area contributed by atoms with Crippen LogP contribution in [0.1, 0.15) is 26.3 Å². The second kappa shape index (κ2) is 8.88. The molecule has 1 N–H and O–H groups in total. The predicted molar refractivity (Wildman–Crippen MR) is 74.9 cm³/mol. The number of nitrogens with one attached hydrogen (secondary N) is 1. The van der Waals surface area contributed by atoms with E-state index in [1.54, 1.807) is 6.07 Å². The van der Waals surface area contributed by atoms with Crippen molar-refractivity contribution >= 4 is 0 Å². The summed E-state index contributed by atoms with van der Waals surface area (Å²) >= 11 is 0. The summed E-state index contributed by atoms with van der Waals surface area (Å²) in [4.78, 5) is 0. The minimum atomic E-state index is -0.320. The van der Waals surface area contributed by atoms with Gasteiger partial charge in [0, 0.05) is 13.2 Å². The van der Waals surface area contributed by atoms with Crippen molar-refractivity contribution in [3.63, 3.8) is 0 Å². The highest BCUT2D eigenvalue weighted by atomic mass is 19.1. The molecule has 108 valence electrons. The first-order chi connectivity index (χ1) is 9.13. The van der Waals surface area contributed by atoms with Crippen LogP contribution < -0.4 is 10.1 Å². The van der Waals surface area contributed by atoms with Crippen LogP contribution in [0.25, 0.3) is 0 Å². The van der Waals surface area contributed by atoms with E-state index in [0.717, 1.165) is 12.1 Å². The molecule has 0 aromatic heterocycles. The molecule has 1 aromatic rings. The fourth-order valence-electron chi connectivity index (χ4n) is 1.57. The zero-order valence-electron chi connectivity index (χ0n) is 12.0. The molecule has 0 bridgehead atoms. The van der Waals surface area contributed by atoms with Crippen LogP contribution in [0.2, 0.25) is 0 Å². The predicted octanol–water partition coefficient (Wildman–Crippen LogP) is 2.99. The summed E-state index contributed by atoms with van der Waals surface area (Å²) in [6, 6.07) is 5.05. The molecule has 0 amide bonds. The van der Waals surface area contributed by atoms with Gasteiger partial charge in [0.1, 0.15) is 6.61 Å². The van der Waals surface area contributed by atoms with Gasteiger partial charge in [-0.15, -0.1) is 0 Å². The fourth-order valence-corrected chi connectivity index (χ4v) is 1.57. The summed E-state index contributed by atoms with van der Waals surface area (Å²) in [6.07, 6.45) is 0. The molecule has 0 aliphatic heterocycles. The second-order valence-electron chi connectivity index (χ2n) is 4.86. The van der Waals surface area contributed by atoms with E-state index < -0.39 is 0 Å². The molecule has 0 aliphatic carbocycles. The van der Waals surface area contributed by atoms with Crippen molar-refractivity contribution in [1.29, 1.82) is 0 Å². The molecule has 0 radical (unpaired) electrons. The molecule has 0 spiro atoms. The SMILES string of the molecule is CCNCc1ccc(OCCOCC(C)C)c(F)c1. The zero-order chi connectivity index (χ0) is 14.1. The average molecular weight is 269 g/mol. The van der Waals surface area contributed by atoms with E-state index >= 15 is 0 Å². The molecule has 0 saturated heterocycles. The van der Waals surface area contributed by atoms with Crippen LogP contribution in [0.4, 0.5) is 4.39 Å². The van der Waals surface area contributed by atoms with E-state index in [0.29, 0.717) is 32.3 Å². The van der Waals surface area contributed by atoms with Crippen molar-refractivity contribution in [3.8, 4) is 5.75 Å². The number of rotatable bonds is 9. The van der Waals surface area contributed by atoms with E-state index in [1.165, 1.54) is 6.07 Å². The summed E-state index contributed by atoms with van der Waals surface area (Å²) in [5.74, 6) is 0.467. The van der Waals surface area contributed by atoms with Crippen LogP contribution in [0.3, 0.4) is 0 Å². The maximum atomic E-state index is 13.7. The van der Waals surface area contributed by atoms with Crippen molar-refractivity contribution in [2.24, 2.45) is 5.92 Å². The van der Waals surface area contributed by atoms with Crippen LogP contribution in [-0.2, 0) is 11.3 Å². The molecule has 1 aromatic carbocycles. The molecular weight excluding hydrogens is 245 g/mol. The van der Waals surface area contributed by atoms with E-state index in [1.807, 2.05) is 13.0 Å². The molecule has 0 atom stereocenters. The summed E-state index contributed by atoms with van der Waals surface area (Å²) in [6.45, 7) is 9.29. The Morgan fingerprint density at radius 2 is 2.05 bits per heavy atom. The van der Waals surface area contributed by atoms with Gasteiger partial charge in [0.2, 0.25) is 0 Å². The highest BCUT2D eigenvalue weighted by Gasteiger charge is 2.04. The molecule has 0 unspecified atom stereocenters. The first-order valence-corrected chi connectivity index (χ1v) is 6.83. The van der Waals surface area contributed by atoms with Crippen LogP contribution in [0, 0.1) is 11.7 Å². The van der Waals surface area contributed by atoms with Gasteiger partial charge >= 0.3 is 0 Å². The molecular formula is C15H24FNO2. The van der Waals surface area contributed by atoms with Gasteiger partial charge in [0.25, 0.3) is 0 Å². The standard InChI is InChI=1S/C15H24FNO2/c1-4-17-10-13-5-6-15(14(16)9-13)19-8-7-18-11-12(2)3/h5-6,9,12,17H,4,7-8,10-11H2,1-3H3. The van der Waals surface area contributed by atoms with Gasteiger partial charge in [-0.25, -0.2) is 4.39 Å². The third kappa shape index (κ3) is 6.55. The Morgan fingerprint density at radius 1 is 1.26 bits per heavy atom. The van der Waals surface area contributed by atoms with Crippen LogP contribution >= 0.6 is 0 Å². The molecule has 0 heterocycles. The lowest BCUT2D eigenvalue weighted by atomic mass is 10.2. The van der Waals surface area contributed by atoms with Crippen LogP contribution in [-0.4, -0.2) is 26.4 Å². The third-order valence-corrected chi connectivity index (χ3v) is 2.51. The van der Waals surface area contributed by atoms with E-state index in [9.17, 15) is 4.39 Å². The van der Waals surface area contributed by atoms with Gasteiger partial charge in [0.15, 0.2) is 11.6 Å². The zero-order valence-corrected chi connectivity index (χ0v) is 12.0. The Kier molecular flexibility index (Phi) is 7.45. The highest BCUT2D eigenvalue weighted by Crippen LogP contribution is 2.18. The van der Waals surface area contributed by atoms with Gasteiger partial charge < -0.3 is 14.8 Å². The van der Waals surface area contributed by atoms with Crippen LogP contribution in [0.5, 0.6) is 5.75 Å². The Balaban J connectivity index is 2.33. The Bertz CT molecular complexity index is 369. The van der Waals surface area contributed by atoms with E-state index in [2.05, 4.69) is 19.2 Å². The van der Waals surface area contributed by atoms with E-state index in [4.69, 9.17) is 9.47 Å². The normalized spacial score (nSPS) is 11.0. The molecule has 3 nitrogen and oxygen atoms in total. The van der Waals surface area contributed by atoms with Gasteiger partial charge in [-0.05, 0) is 30.2 Å². The quantitative estimate of drug-likeness (QED) is 0.699. The summed E-state index contributed by atoms with van der Waals surface area (Å²) in [7, 11) is 0. The van der Waals surface area contributed by atoms with Crippen molar-refractivity contribution in [2.45, 2.75) is 27.3 Å². The minimum Gasteiger partial charge on any atom is -0.488 e. The maximum Gasteiger partial charge on any atom is 0.165 e. The van der Waals surface area contributed by atoms with Gasteiger partial charge in [-0.2, -0.15) is 0 Å². The largest absolute Gasteiger partial charge is 0.488 e. The Morgan fingerprint density at radius 3 is 2.68 bits per heavy atom. The lowest BCUT2D eigenvalue weighted by Gasteiger charge is -2.10. The minimum absolute atomic E-state index is 0.286. The van der Waals surface area contributed by atoms with Gasteiger partial charge in [-0.1, -0.05) is 26.8 Å². The molecule has 0 aliphatic rings. The lowest BCUT2D eigenvalue weighted by Crippen LogP contribution is -2.12. The topological polar surface area (TPSA) is 30.5 Å². The Labute approximate surface area is 115 Å². The molecule has 0 saturated carbocycles. The number of hydrogen-bond acceptors (Lipinski definition) is 3. The van der Waals surface area contributed by atoms with Crippen LogP contribution in [0.15, 0.2) is 18.2 Å². The molecule has 1 rings (SSSR count). The van der Waals surface area contributed by atoms with Crippen molar-refractivity contribution < 1.29 is 13.9 Å². The number of ether oxygens (including phenoxy) is 2. The van der Waals surface area contributed by atoms with Crippen molar-refractivity contribution in [3.05, 3.63) is 29.6 Å². The van der Waals surface area contributed by atoms with Crippen molar-refractivity contribution in [2.75, 3.05) is 26.4 Å². The smallest absolute Gasteiger partial charge is 0.165 e. The first-order valence-electron chi connectivity index (χ1n) is 6.83. The third-order valence-electron chi connectivity index (χ3n) is 2.51. The van der Waals surface area contributed by atoms with E-state index in [-0.39, 0.29) is 11.6 Å². The molecule has 4 heteroatoms. The molecule has 0 fully saturated rings. The average Bonchev–Trinajstić information content (AvgIpc) is 2.37.